The normalized spacial score (nSPS) is 20.9. The molecule has 5 nitrogen and oxygen atoms in total. The van der Waals surface area contributed by atoms with Crippen LogP contribution in [0.3, 0.4) is 0 Å². The molecule has 1 rings (SSSR count). The predicted molar refractivity (Wildman–Crippen MR) is 68.5 cm³/mol. The van der Waals surface area contributed by atoms with E-state index >= 15 is 0 Å². The highest BCUT2D eigenvalue weighted by Gasteiger charge is 2.26. The van der Waals surface area contributed by atoms with E-state index in [9.17, 15) is 8.42 Å². The predicted octanol–water partition coefficient (Wildman–Crippen LogP) is 0.203. The lowest BCUT2D eigenvalue weighted by Crippen LogP contribution is -2.41. The highest BCUT2D eigenvalue weighted by molar-refractivity contribution is 7.89. The molecule has 1 unspecified atom stereocenters. The Morgan fingerprint density at radius 1 is 1.59 bits per heavy atom. The Labute approximate surface area is 104 Å². The molecule has 1 fully saturated rings. The van der Waals surface area contributed by atoms with Crippen molar-refractivity contribution in [3.63, 3.8) is 0 Å². The first kappa shape index (κ1) is 14.6. The molecule has 1 heterocycles. The maximum Gasteiger partial charge on any atom is 0.215 e. The zero-order valence-corrected chi connectivity index (χ0v) is 11.2. The zero-order valence-electron chi connectivity index (χ0n) is 10.4. The van der Waals surface area contributed by atoms with Crippen molar-refractivity contribution in [2.24, 2.45) is 0 Å². The molecule has 0 aromatic rings. The van der Waals surface area contributed by atoms with Crippen molar-refractivity contribution < 1.29 is 13.2 Å². The first-order chi connectivity index (χ1) is 8.10. The number of ether oxygens (including phenoxy) is 1. The minimum absolute atomic E-state index is 0.0925. The van der Waals surface area contributed by atoms with Crippen molar-refractivity contribution in [3.8, 4) is 0 Å². The molecule has 100 valence electrons. The lowest BCUT2D eigenvalue weighted by molar-refractivity contribution is 0.182. The van der Waals surface area contributed by atoms with Crippen LogP contribution >= 0.6 is 0 Å². The molecule has 0 aromatic heterocycles. The average molecular weight is 262 g/mol. The smallest absolute Gasteiger partial charge is 0.215 e. The second-order valence-electron chi connectivity index (χ2n) is 4.21. The Morgan fingerprint density at radius 2 is 2.35 bits per heavy atom. The average Bonchev–Trinajstić information content (AvgIpc) is 2.75. The second-order valence-corrected chi connectivity index (χ2v) is 6.22. The van der Waals surface area contributed by atoms with Gasteiger partial charge in [0.05, 0.1) is 12.4 Å². The summed E-state index contributed by atoms with van der Waals surface area (Å²) in [5.74, 6) is 0.171. The molecule has 0 spiro atoms. The van der Waals surface area contributed by atoms with Crippen LogP contribution in [0.4, 0.5) is 0 Å². The van der Waals surface area contributed by atoms with Gasteiger partial charge in [-0.05, 0) is 19.4 Å². The molecule has 1 atom stereocenters. The van der Waals surface area contributed by atoms with E-state index in [2.05, 4.69) is 11.9 Å². The van der Waals surface area contributed by atoms with Crippen LogP contribution in [0.5, 0.6) is 0 Å². The van der Waals surface area contributed by atoms with Gasteiger partial charge in [-0.15, -0.1) is 6.58 Å². The van der Waals surface area contributed by atoms with Crippen molar-refractivity contribution in [1.82, 2.24) is 9.62 Å². The Kier molecular flexibility index (Phi) is 6.11. The Bertz CT molecular complexity index is 324. The number of sulfonamides is 1. The number of hydrogen-bond acceptors (Lipinski definition) is 4. The number of rotatable bonds is 8. The van der Waals surface area contributed by atoms with Crippen LogP contribution in [0.15, 0.2) is 12.7 Å². The van der Waals surface area contributed by atoms with Gasteiger partial charge < -0.3 is 10.1 Å². The van der Waals surface area contributed by atoms with Gasteiger partial charge in [-0.1, -0.05) is 6.08 Å². The summed E-state index contributed by atoms with van der Waals surface area (Å²) in [5.41, 5.74) is 0. The second kappa shape index (κ2) is 7.10. The van der Waals surface area contributed by atoms with Crippen LogP contribution in [0.25, 0.3) is 0 Å². The van der Waals surface area contributed by atoms with Crippen LogP contribution in [0.2, 0.25) is 0 Å². The summed E-state index contributed by atoms with van der Waals surface area (Å²) in [6.07, 6.45) is 3.60. The fourth-order valence-electron chi connectivity index (χ4n) is 1.94. The van der Waals surface area contributed by atoms with Crippen molar-refractivity contribution in [2.45, 2.75) is 18.9 Å². The highest BCUT2D eigenvalue weighted by atomic mass is 32.2. The van der Waals surface area contributed by atoms with Gasteiger partial charge in [0.1, 0.15) is 0 Å². The summed E-state index contributed by atoms with van der Waals surface area (Å²) in [6.45, 7) is 5.65. The van der Waals surface area contributed by atoms with Crippen LogP contribution < -0.4 is 5.32 Å². The lowest BCUT2D eigenvalue weighted by Gasteiger charge is -2.22. The number of nitrogens with one attached hydrogen (secondary N) is 1. The van der Waals surface area contributed by atoms with E-state index in [4.69, 9.17) is 4.74 Å². The standard InChI is InChI=1S/C11H22N2O3S/c1-3-7-13(8-9-16-2)17(14,15)10-11-5-4-6-12-11/h3,11-12H,1,4-10H2,2H3. The molecule has 0 amide bonds. The topological polar surface area (TPSA) is 58.6 Å². The fourth-order valence-corrected chi connectivity index (χ4v) is 3.63. The first-order valence-corrected chi connectivity index (χ1v) is 7.52. The maximum atomic E-state index is 12.2. The fraction of sp³-hybridized carbons (Fsp3) is 0.818. The molecule has 0 bridgehead atoms. The van der Waals surface area contributed by atoms with E-state index in [1.165, 1.54) is 4.31 Å². The number of methoxy groups -OCH3 is 1. The molecule has 0 radical (unpaired) electrons. The molecule has 6 heteroatoms. The zero-order chi connectivity index (χ0) is 12.7. The molecule has 1 aliphatic rings. The molecule has 1 aliphatic heterocycles. The first-order valence-electron chi connectivity index (χ1n) is 5.91. The molecule has 0 aliphatic carbocycles. The third-order valence-electron chi connectivity index (χ3n) is 2.85. The summed E-state index contributed by atoms with van der Waals surface area (Å²) in [6, 6.07) is 0.0925. The van der Waals surface area contributed by atoms with E-state index in [-0.39, 0.29) is 11.8 Å². The third kappa shape index (κ3) is 4.75. The number of nitrogens with zero attached hydrogens (tertiary/aromatic N) is 1. The van der Waals surface area contributed by atoms with Gasteiger partial charge in [0.15, 0.2) is 0 Å². The highest BCUT2D eigenvalue weighted by Crippen LogP contribution is 2.11. The van der Waals surface area contributed by atoms with Gasteiger partial charge in [0.2, 0.25) is 10.0 Å². The van der Waals surface area contributed by atoms with Crippen molar-refractivity contribution in [3.05, 3.63) is 12.7 Å². The van der Waals surface area contributed by atoms with Crippen LogP contribution in [0.1, 0.15) is 12.8 Å². The number of hydrogen-bond donors (Lipinski definition) is 1. The summed E-state index contributed by atoms with van der Waals surface area (Å²) in [4.78, 5) is 0. The molecule has 1 saturated heterocycles. The molecular formula is C11H22N2O3S. The molecule has 17 heavy (non-hydrogen) atoms. The van der Waals surface area contributed by atoms with Gasteiger partial charge in [-0.2, -0.15) is 4.31 Å². The van der Waals surface area contributed by atoms with Crippen molar-refractivity contribution >= 4 is 10.0 Å². The summed E-state index contributed by atoms with van der Waals surface area (Å²) < 4.78 is 30.7. The molecule has 0 aromatic carbocycles. The molecular weight excluding hydrogens is 240 g/mol. The van der Waals surface area contributed by atoms with Gasteiger partial charge in [-0.3, -0.25) is 0 Å². The Balaban J connectivity index is 2.58. The Hall–Kier alpha value is -0.430. The minimum Gasteiger partial charge on any atom is -0.383 e. The Morgan fingerprint density at radius 3 is 2.88 bits per heavy atom. The van der Waals surface area contributed by atoms with E-state index in [1.807, 2.05) is 0 Å². The van der Waals surface area contributed by atoms with E-state index in [0.29, 0.717) is 19.7 Å². The van der Waals surface area contributed by atoms with Gasteiger partial charge in [0, 0.05) is 26.2 Å². The molecule has 1 N–H and O–H groups in total. The van der Waals surface area contributed by atoms with E-state index < -0.39 is 10.0 Å². The maximum absolute atomic E-state index is 12.2. The van der Waals surface area contributed by atoms with Crippen LogP contribution in [0, 0.1) is 0 Å². The largest absolute Gasteiger partial charge is 0.383 e. The molecule has 0 saturated carbocycles. The summed E-state index contributed by atoms with van der Waals surface area (Å²) >= 11 is 0. The van der Waals surface area contributed by atoms with Gasteiger partial charge in [0.25, 0.3) is 0 Å². The minimum atomic E-state index is -3.22. The summed E-state index contributed by atoms with van der Waals surface area (Å²) in [7, 11) is -1.65. The summed E-state index contributed by atoms with van der Waals surface area (Å²) in [5, 5.41) is 3.20. The monoisotopic (exact) mass is 262 g/mol. The van der Waals surface area contributed by atoms with Crippen molar-refractivity contribution in [2.75, 3.05) is 39.1 Å². The quantitative estimate of drug-likeness (QED) is 0.635. The van der Waals surface area contributed by atoms with Crippen LogP contribution in [-0.4, -0.2) is 57.9 Å². The van der Waals surface area contributed by atoms with Crippen LogP contribution in [-0.2, 0) is 14.8 Å². The lowest BCUT2D eigenvalue weighted by atomic mass is 10.3. The van der Waals surface area contributed by atoms with Crippen molar-refractivity contribution in [1.29, 1.82) is 0 Å². The van der Waals surface area contributed by atoms with E-state index in [1.54, 1.807) is 13.2 Å². The van der Waals surface area contributed by atoms with Gasteiger partial charge in [-0.25, -0.2) is 8.42 Å². The third-order valence-corrected chi connectivity index (χ3v) is 4.79. The SMILES string of the molecule is C=CCN(CCOC)S(=O)(=O)CC1CCCN1. The van der Waals surface area contributed by atoms with E-state index in [0.717, 1.165) is 19.4 Å². The van der Waals surface area contributed by atoms with Gasteiger partial charge >= 0.3 is 0 Å².